The fraction of sp³-hybridized carbons (Fsp3) is 0.577. The molecule has 2 fully saturated rings. The topological polar surface area (TPSA) is 110 Å². The number of fused-ring (bicyclic) bond motifs is 1. The molecule has 214 valence electrons. The Balaban J connectivity index is 0.00000353. The third-order valence-electron chi connectivity index (χ3n) is 8.11. The zero-order valence-corrected chi connectivity index (χ0v) is 25.6. The van der Waals surface area contributed by atoms with E-state index in [0.29, 0.717) is 28.4 Å². The van der Waals surface area contributed by atoms with Crippen molar-refractivity contribution in [2.75, 3.05) is 30.3 Å². The number of benzene rings is 1. The Morgan fingerprint density at radius 1 is 1.21 bits per heavy atom. The maximum absolute atomic E-state index is 11.5. The summed E-state index contributed by atoms with van der Waals surface area (Å²) in [5.74, 6) is 1.28. The second-order valence-electron chi connectivity index (χ2n) is 10.7. The molecular formula is C26H36Cl3N7O2S. The van der Waals surface area contributed by atoms with Crippen molar-refractivity contribution in [3.05, 3.63) is 45.7 Å². The molecule has 5 rings (SSSR count). The molecule has 2 aliphatic heterocycles. The lowest BCUT2D eigenvalue weighted by molar-refractivity contribution is 0.113. The van der Waals surface area contributed by atoms with E-state index in [1.165, 1.54) is 0 Å². The van der Waals surface area contributed by atoms with Crippen LogP contribution in [0.1, 0.15) is 56.8 Å². The summed E-state index contributed by atoms with van der Waals surface area (Å²) in [5.41, 5.74) is 3.26. The van der Waals surface area contributed by atoms with Crippen LogP contribution < -0.4 is 10.0 Å². The van der Waals surface area contributed by atoms with Crippen molar-refractivity contribution in [2.24, 2.45) is 11.1 Å². The first-order chi connectivity index (χ1) is 18.0. The van der Waals surface area contributed by atoms with E-state index in [4.69, 9.17) is 43.4 Å². The maximum atomic E-state index is 11.5. The van der Waals surface area contributed by atoms with E-state index in [-0.39, 0.29) is 30.2 Å². The molecule has 4 atom stereocenters. The monoisotopic (exact) mass is 615 g/mol. The fourth-order valence-electron chi connectivity index (χ4n) is 6.18. The minimum Gasteiger partial charge on any atom is -0.355 e. The van der Waals surface area contributed by atoms with E-state index in [9.17, 15) is 8.42 Å². The van der Waals surface area contributed by atoms with Gasteiger partial charge in [0.05, 0.1) is 23.7 Å². The Bertz CT molecular complexity index is 1430. The van der Waals surface area contributed by atoms with Gasteiger partial charge >= 0.3 is 0 Å². The number of rotatable bonds is 7. The standard InChI is InChI=1S/C26H35Cl2N7O2S.ClH/c1-16-15-33(11-8-23(16)34-10-4-5-20(34)9-12-38(29,36)37)24-14-30-25-17(2)32-35(26(25)31-24)18(3)21-7-6-19(27)13-22(21)28;/h6-7,13-14,16,18,20,23H,4-5,8-12,15H2,1-3H3,(H2,29,36,37);1H/t16-,18+,20-,23?;/m0./s1. The van der Waals surface area contributed by atoms with Crippen molar-refractivity contribution in [1.29, 1.82) is 0 Å². The average Bonchev–Trinajstić information content (AvgIpc) is 3.46. The molecule has 1 unspecified atom stereocenters. The van der Waals surface area contributed by atoms with Crippen LogP contribution in [0.4, 0.5) is 5.82 Å². The Morgan fingerprint density at radius 3 is 2.67 bits per heavy atom. The van der Waals surface area contributed by atoms with Gasteiger partial charge in [0.15, 0.2) is 5.65 Å². The average molecular weight is 617 g/mol. The number of primary sulfonamides is 1. The van der Waals surface area contributed by atoms with Crippen molar-refractivity contribution in [3.63, 3.8) is 0 Å². The van der Waals surface area contributed by atoms with Gasteiger partial charge in [0.1, 0.15) is 11.3 Å². The van der Waals surface area contributed by atoms with Crippen molar-refractivity contribution >= 4 is 62.6 Å². The molecule has 0 spiro atoms. The third kappa shape index (κ3) is 6.47. The number of sulfonamides is 1. The van der Waals surface area contributed by atoms with Gasteiger partial charge in [0, 0.05) is 35.2 Å². The Labute approximate surface area is 246 Å². The van der Waals surface area contributed by atoms with Crippen LogP contribution in [0.25, 0.3) is 11.2 Å². The van der Waals surface area contributed by atoms with Gasteiger partial charge in [-0.2, -0.15) is 5.10 Å². The third-order valence-corrected chi connectivity index (χ3v) is 9.47. The highest BCUT2D eigenvalue weighted by Gasteiger charge is 2.37. The molecule has 0 aliphatic carbocycles. The molecule has 3 aromatic rings. The van der Waals surface area contributed by atoms with E-state index >= 15 is 0 Å². The lowest BCUT2D eigenvalue weighted by Crippen LogP contribution is -2.52. The second-order valence-corrected chi connectivity index (χ2v) is 13.3. The first-order valence-corrected chi connectivity index (χ1v) is 15.7. The number of piperidine rings is 1. The molecule has 0 bridgehead atoms. The summed E-state index contributed by atoms with van der Waals surface area (Å²) in [6, 6.07) is 6.06. The summed E-state index contributed by atoms with van der Waals surface area (Å²) in [7, 11) is -3.44. The molecule has 0 saturated carbocycles. The van der Waals surface area contributed by atoms with Crippen molar-refractivity contribution in [3.8, 4) is 0 Å². The van der Waals surface area contributed by atoms with Crippen LogP contribution in [0.15, 0.2) is 24.4 Å². The maximum Gasteiger partial charge on any atom is 0.209 e. The van der Waals surface area contributed by atoms with Crippen molar-refractivity contribution < 1.29 is 8.42 Å². The number of aromatic nitrogens is 4. The van der Waals surface area contributed by atoms with Crippen LogP contribution in [0.2, 0.25) is 10.0 Å². The van der Waals surface area contributed by atoms with Crippen LogP contribution >= 0.6 is 35.6 Å². The molecule has 0 radical (unpaired) electrons. The number of nitrogens with zero attached hydrogens (tertiary/aromatic N) is 6. The normalized spacial score (nSPS) is 23.2. The van der Waals surface area contributed by atoms with E-state index in [2.05, 4.69) is 16.7 Å². The van der Waals surface area contributed by atoms with Gasteiger partial charge in [-0.05, 0) is 69.7 Å². The molecule has 1 aromatic carbocycles. The molecule has 2 aromatic heterocycles. The largest absolute Gasteiger partial charge is 0.355 e. The summed E-state index contributed by atoms with van der Waals surface area (Å²) < 4.78 is 25.0. The van der Waals surface area contributed by atoms with Crippen LogP contribution in [0.5, 0.6) is 0 Å². The zero-order chi connectivity index (χ0) is 27.2. The van der Waals surface area contributed by atoms with Crippen LogP contribution in [0.3, 0.4) is 0 Å². The summed E-state index contributed by atoms with van der Waals surface area (Å²) in [5, 5.41) is 11.2. The molecule has 2 N–H and O–H groups in total. The quantitative estimate of drug-likeness (QED) is 0.405. The Morgan fingerprint density at radius 2 is 1.97 bits per heavy atom. The molecular weight excluding hydrogens is 581 g/mol. The first-order valence-electron chi connectivity index (χ1n) is 13.2. The second kappa shape index (κ2) is 12.0. The summed E-state index contributed by atoms with van der Waals surface area (Å²) in [6.07, 6.45) is 5.57. The molecule has 2 aliphatic rings. The fourth-order valence-corrected chi connectivity index (χ4v) is 7.34. The van der Waals surface area contributed by atoms with E-state index in [1.807, 2.05) is 36.9 Å². The van der Waals surface area contributed by atoms with Gasteiger partial charge in [-0.25, -0.2) is 28.2 Å². The number of nitrogens with two attached hydrogens (primary N) is 1. The summed E-state index contributed by atoms with van der Waals surface area (Å²) in [6.45, 7) is 9.00. The first kappa shape index (κ1) is 30.3. The van der Waals surface area contributed by atoms with Crippen molar-refractivity contribution in [2.45, 2.75) is 64.6 Å². The zero-order valence-electron chi connectivity index (χ0n) is 22.4. The number of likely N-dealkylation sites (tertiary alicyclic amines) is 1. The Kier molecular flexibility index (Phi) is 9.35. The van der Waals surface area contributed by atoms with Crippen LogP contribution in [-0.2, 0) is 10.0 Å². The molecule has 0 amide bonds. The van der Waals surface area contributed by atoms with Gasteiger partial charge in [-0.15, -0.1) is 12.4 Å². The highest BCUT2D eigenvalue weighted by molar-refractivity contribution is 7.89. The number of anilines is 1. The Hall–Kier alpha value is -1.69. The van der Waals surface area contributed by atoms with E-state index in [0.717, 1.165) is 67.1 Å². The van der Waals surface area contributed by atoms with Gasteiger partial charge in [-0.1, -0.05) is 36.2 Å². The summed E-state index contributed by atoms with van der Waals surface area (Å²) >= 11 is 12.6. The predicted molar refractivity (Wildman–Crippen MR) is 160 cm³/mol. The van der Waals surface area contributed by atoms with Gasteiger partial charge in [0.25, 0.3) is 0 Å². The molecule has 2 saturated heterocycles. The van der Waals surface area contributed by atoms with Crippen molar-refractivity contribution in [1.82, 2.24) is 24.6 Å². The minimum atomic E-state index is -3.44. The van der Waals surface area contributed by atoms with E-state index in [1.54, 1.807) is 6.07 Å². The number of aryl methyl sites for hydroxylation is 1. The van der Waals surface area contributed by atoms with Gasteiger partial charge in [-0.3, -0.25) is 4.90 Å². The van der Waals surface area contributed by atoms with Crippen LogP contribution in [-0.4, -0.2) is 70.5 Å². The molecule has 9 nitrogen and oxygen atoms in total. The van der Waals surface area contributed by atoms with Crippen LogP contribution in [0, 0.1) is 12.8 Å². The SMILES string of the molecule is Cc1nn([C@H](C)c2ccc(Cl)cc2Cl)c2nc(N3CCC(N4CCC[C@H]4CCS(N)(=O)=O)[C@@H](C)C3)cnc12.Cl. The number of hydrogen-bond acceptors (Lipinski definition) is 7. The molecule has 39 heavy (non-hydrogen) atoms. The number of halogens is 3. The lowest BCUT2D eigenvalue weighted by Gasteiger charge is -2.43. The molecule has 13 heteroatoms. The minimum absolute atomic E-state index is 0. The van der Waals surface area contributed by atoms with Gasteiger partial charge < -0.3 is 4.90 Å². The lowest BCUT2D eigenvalue weighted by atomic mass is 9.91. The highest BCUT2D eigenvalue weighted by atomic mass is 35.5. The van der Waals surface area contributed by atoms with Gasteiger partial charge in [0.2, 0.25) is 10.0 Å². The smallest absolute Gasteiger partial charge is 0.209 e. The summed E-state index contributed by atoms with van der Waals surface area (Å²) in [4.78, 5) is 14.6. The molecule has 4 heterocycles. The predicted octanol–water partition coefficient (Wildman–Crippen LogP) is 4.83. The number of hydrogen-bond donors (Lipinski definition) is 1. The van der Waals surface area contributed by atoms with E-state index < -0.39 is 10.0 Å². The highest BCUT2D eigenvalue weighted by Crippen LogP contribution is 2.34.